The average molecular weight is 171 g/mol. The van der Waals surface area contributed by atoms with Crippen molar-refractivity contribution in [2.24, 2.45) is 0 Å². The van der Waals surface area contributed by atoms with Gasteiger partial charge >= 0.3 is 45.6 Å². The Morgan fingerprint density at radius 3 is 1.33 bits per heavy atom. The summed E-state index contributed by atoms with van der Waals surface area (Å²) in [6.45, 7) is 0. The van der Waals surface area contributed by atoms with E-state index in [9.17, 15) is 0 Å². The minimum absolute atomic E-state index is 0.861. The molecule has 0 aliphatic carbocycles. The first-order valence-electron chi connectivity index (χ1n) is 1.80. The molecule has 0 saturated heterocycles. The molecule has 0 radical (unpaired) electrons. The zero-order valence-electron chi connectivity index (χ0n) is 4.82. The predicted molar refractivity (Wildman–Crippen MR) is 36.9 cm³/mol. The summed E-state index contributed by atoms with van der Waals surface area (Å²) in [5.74, 6) is 7.09. The van der Waals surface area contributed by atoms with Gasteiger partial charge in [-0.15, -0.1) is 0 Å². The zero-order valence-corrected chi connectivity index (χ0v) is 7.35. The van der Waals surface area contributed by atoms with E-state index >= 15 is 0 Å². The normalized spacial score (nSPS) is 14.7. The Hall–Kier alpha value is 0.869. The van der Waals surface area contributed by atoms with E-state index in [1.54, 1.807) is 0 Å². The maximum atomic E-state index is 2.36. The van der Waals surface area contributed by atoms with Gasteiger partial charge < -0.3 is 0 Å². The van der Waals surface area contributed by atoms with Gasteiger partial charge in [0.2, 0.25) is 0 Å². The van der Waals surface area contributed by atoms with Crippen molar-refractivity contribution in [3.05, 3.63) is 0 Å². The van der Waals surface area contributed by atoms with Crippen LogP contribution in [0.4, 0.5) is 0 Å². The van der Waals surface area contributed by atoms with Crippen LogP contribution in [-0.2, 0) is 0 Å². The van der Waals surface area contributed by atoms with Gasteiger partial charge in [0.15, 0.2) is 0 Å². The van der Waals surface area contributed by atoms with Crippen LogP contribution in [0.1, 0.15) is 0 Å². The summed E-state index contributed by atoms with van der Waals surface area (Å²) in [7, 11) is 2.04. The average Bonchev–Trinajstić information content (AvgIpc) is 1.35. The second kappa shape index (κ2) is 2.25. The summed E-state index contributed by atoms with van der Waals surface area (Å²) in [6.07, 6.45) is 2.19. The molecule has 0 heterocycles. The van der Waals surface area contributed by atoms with Gasteiger partial charge in [-0.05, 0) is 0 Å². The summed E-state index contributed by atoms with van der Waals surface area (Å²) in [6, 6.07) is 0. The monoisotopic (exact) mass is 172 g/mol. The fourth-order valence-corrected chi connectivity index (χ4v) is 0. The van der Waals surface area contributed by atoms with Crippen LogP contribution in [0.2, 0.25) is 17.5 Å². The molecular weight excluding hydrogens is 159 g/mol. The second-order valence-electron chi connectivity index (χ2n) is 1.89. The van der Waals surface area contributed by atoms with Gasteiger partial charge in [0, 0.05) is 0 Å². The molecule has 0 amide bonds. The van der Waals surface area contributed by atoms with Crippen LogP contribution in [0.5, 0.6) is 0 Å². The first-order chi connectivity index (χ1) is 2.56. The van der Waals surface area contributed by atoms with Crippen LogP contribution in [-0.4, -0.2) is 18.0 Å². The van der Waals surface area contributed by atoms with Gasteiger partial charge in [0.05, 0.1) is 0 Å². The SMILES string of the molecule is CS[Se](C)(C)C. The molecule has 0 aliphatic heterocycles. The van der Waals surface area contributed by atoms with Crippen LogP contribution in [0.3, 0.4) is 0 Å². The Morgan fingerprint density at radius 2 is 1.33 bits per heavy atom. The van der Waals surface area contributed by atoms with Gasteiger partial charge in [0.25, 0.3) is 0 Å². The van der Waals surface area contributed by atoms with Crippen molar-refractivity contribution in [1.29, 1.82) is 0 Å². The van der Waals surface area contributed by atoms with E-state index in [1.165, 1.54) is 0 Å². The molecule has 0 spiro atoms. The van der Waals surface area contributed by atoms with Crippen molar-refractivity contribution in [2.45, 2.75) is 17.5 Å². The molecule has 0 unspecified atom stereocenters. The van der Waals surface area contributed by atoms with E-state index < -0.39 is 11.7 Å². The molecule has 0 bridgehead atoms. The molecule has 0 aromatic carbocycles. The van der Waals surface area contributed by atoms with Crippen LogP contribution in [0, 0.1) is 0 Å². The molecule has 40 valence electrons. The van der Waals surface area contributed by atoms with Crippen molar-refractivity contribution in [2.75, 3.05) is 6.26 Å². The number of rotatable bonds is 1. The number of hydrogen-bond donors (Lipinski definition) is 0. The van der Waals surface area contributed by atoms with Crippen LogP contribution >= 0.6 is 10.2 Å². The van der Waals surface area contributed by atoms with E-state index in [0.717, 1.165) is 0 Å². The van der Waals surface area contributed by atoms with E-state index in [0.29, 0.717) is 0 Å². The summed E-state index contributed by atoms with van der Waals surface area (Å²) < 4.78 is 0. The molecule has 0 aromatic rings. The molecule has 0 N–H and O–H groups in total. The summed E-state index contributed by atoms with van der Waals surface area (Å²) in [5, 5.41) is 0. The van der Waals surface area contributed by atoms with Gasteiger partial charge in [0.1, 0.15) is 0 Å². The Kier molecular flexibility index (Phi) is 2.57. The molecule has 6 heavy (non-hydrogen) atoms. The first kappa shape index (κ1) is 6.87. The van der Waals surface area contributed by atoms with Crippen molar-refractivity contribution >= 4 is 21.9 Å². The van der Waals surface area contributed by atoms with Gasteiger partial charge in [-0.3, -0.25) is 0 Å². The third-order valence-corrected chi connectivity index (χ3v) is 7.79. The van der Waals surface area contributed by atoms with Gasteiger partial charge in [-0.1, -0.05) is 0 Å². The Labute approximate surface area is 46.0 Å². The Balaban J connectivity index is 3.17. The fraction of sp³-hybridized carbons (Fsp3) is 1.00. The molecule has 0 aliphatic rings. The molecule has 0 saturated carbocycles. The standard InChI is InChI=1S/C4H12SSe/c1-5-6(2,3)4/h1-4H3. The first-order valence-corrected chi connectivity index (χ1v) is 10.2. The topological polar surface area (TPSA) is 0 Å². The van der Waals surface area contributed by atoms with Crippen LogP contribution in [0.25, 0.3) is 0 Å². The van der Waals surface area contributed by atoms with E-state index in [-0.39, 0.29) is 0 Å². The second-order valence-corrected chi connectivity index (χ2v) is 16.8. The summed E-state index contributed by atoms with van der Waals surface area (Å²) in [5.41, 5.74) is 0. The van der Waals surface area contributed by atoms with Crippen molar-refractivity contribution in [3.8, 4) is 0 Å². The van der Waals surface area contributed by atoms with Crippen molar-refractivity contribution in [3.63, 3.8) is 0 Å². The van der Waals surface area contributed by atoms with E-state index in [1.807, 2.05) is 10.2 Å². The molecule has 0 nitrogen and oxygen atoms in total. The fourth-order valence-electron chi connectivity index (χ4n) is 0. The van der Waals surface area contributed by atoms with Crippen molar-refractivity contribution < 1.29 is 0 Å². The third kappa shape index (κ3) is 4.87. The zero-order chi connectivity index (χ0) is 5.21. The summed E-state index contributed by atoms with van der Waals surface area (Å²) in [4.78, 5) is 0. The predicted octanol–water partition coefficient (Wildman–Crippen LogP) is 2.18. The third-order valence-electron chi connectivity index (χ3n) is 0.500. The van der Waals surface area contributed by atoms with E-state index in [2.05, 4.69) is 23.7 Å². The minimum atomic E-state index is -0.861. The maximum absolute atomic E-state index is 2.36. The molecule has 0 rings (SSSR count). The Morgan fingerprint density at radius 1 is 1.17 bits per heavy atom. The van der Waals surface area contributed by atoms with Crippen LogP contribution in [0.15, 0.2) is 0 Å². The van der Waals surface area contributed by atoms with Gasteiger partial charge in [-0.25, -0.2) is 0 Å². The molecule has 0 aromatic heterocycles. The molecule has 0 fully saturated rings. The molecular formula is C4H12SSe. The van der Waals surface area contributed by atoms with Crippen molar-refractivity contribution in [1.82, 2.24) is 0 Å². The Bertz CT molecular complexity index is 37.3. The number of hydrogen-bond acceptors (Lipinski definition) is 1. The molecule has 2 heteroatoms. The van der Waals surface area contributed by atoms with Crippen LogP contribution < -0.4 is 0 Å². The summed E-state index contributed by atoms with van der Waals surface area (Å²) >= 11 is -0.861. The quantitative estimate of drug-likeness (QED) is 0.545. The van der Waals surface area contributed by atoms with E-state index in [4.69, 9.17) is 0 Å². The van der Waals surface area contributed by atoms with Gasteiger partial charge in [-0.2, -0.15) is 0 Å². The molecule has 0 atom stereocenters.